The average molecular weight is 231 g/mol. The molecule has 0 amide bonds. The molecule has 1 aliphatic heterocycles. The topological polar surface area (TPSA) is 64.3 Å². The first-order valence-electron chi connectivity index (χ1n) is 4.74. The van der Waals surface area contributed by atoms with Crippen LogP contribution in [0.2, 0.25) is 5.15 Å². The van der Waals surface area contributed by atoms with Crippen LogP contribution in [-0.2, 0) is 4.74 Å². The molecular weight excluding hydrogens is 220 g/mol. The zero-order valence-electron chi connectivity index (χ0n) is 8.02. The van der Waals surface area contributed by atoms with E-state index in [0.29, 0.717) is 13.2 Å². The molecule has 1 aromatic rings. The van der Waals surface area contributed by atoms with Crippen molar-refractivity contribution in [1.82, 2.24) is 9.78 Å². The van der Waals surface area contributed by atoms with E-state index in [1.54, 1.807) is 4.68 Å². The molecule has 0 bridgehead atoms. The molecule has 0 aromatic carbocycles. The summed E-state index contributed by atoms with van der Waals surface area (Å²) in [5.41, 5.74) is 0.0585. The molecule has 0 atom stereocenters. The number of hydrogen-bond acceptors (Lipinski definition) is 3. The van der Waals surface area contributed by atoms with Crippen LogP contribution in [-0.4, -0.2) is 34.1 Å². The van der Waals surface area contributed by atoms with Crippen LogP contribution in [0.4, 0.5) is 0 Å². The van der Waals surface area contributed by atoms with Gasteiger partial charge in [-0.2, -0.15) is 5.10 Å². The van der Waals surface area contributed by atoms with Gasteiger partial charge in [0.25, 0.3) is 0 Å². The standard InChI is InChI=1S/C9H11ClN2O3/c10-8-7(9(13)14)5-11-12(8)6-1-3-15-4-2-6/h5-6H,1-4H2,(H,13,14). The molecule has 82 valence electrons. The second-order valence-electron chi connectivity index (χ2n) is 3.44. The fourth-order valence-electron chi connectivity index (χ4n) is 1.68. The molecule has 2 rings (SSSR count). The molecule has 0 unspecified atom stereocenters. The molecular formula is C9H11ClN2O3. The van der Waals surface area contributed by atoms with E-state index in [9.17, 15) is 4.79 Å². The van der Waals surface area contributed by atoms with Crippen molar-refractivity contribution in [3.8, 4) is 0 Å². The highest BCUT2D eigenvalue weighted by Gasteiger charge is 2.22. The third-order valence-electron chi connectivity index (χ3n) is 2.50. The van der Waals surface area contributed by atoms with E-state index in [2.05, 4.69) is 5.10 Å². The molecule has 1 N–H and O–H groups in total. The van der Waals surface area contributed by atoms with Crippen molar-refractivity contribution in [3.63, 3.8) is 0 Å². The van der Waals surface area contributed by atoms with E-state index < -0.39 is 5.97 Å². The van der Waals surface area contributed by atoms with Gasteiger partial charge in [-0.15, -0.1) is 0 Å². The number of halogens is 1. The summed E-state index contributed by atoms with van der Waals surface area (Å²) in [6, 6.07) is 0.152. The van der Waals surface area contributed by atoms with Gasteiger partial charge in [-0.05, 0) is 12.8 Å². The van der Waals surface area contributed by atoms with Gasteiger partial charge in [-0.25, -0.2) is 9.48 Å². The Morgan fingerprint density at radius 2 is 2.27 bits per heavy atom. The molecule has 1 aliphatic rings. The van der Waals surface area contributed by atoms with Crippen LogP contribution in [0.3, 0.4) is 0 Å². The van der Waals surface area contributed by atoms with E-state index in [1.807, 2.05) is 0 Å². The highest BCUT2D eigenvalue weighted by Crippen LogP contribution is 2.26. The molecule has 0 spiro atoms. The maximum absolute atomic E-state index is 10.8. The largest absolute Gasteiger partial charge is 0.478 e. The van der Waals surface area contributed by atoms with Crippen molar-refractivity contribution in [2.75, 3.05) is 13.2 Å². The molecule has 1 fully saturated rings. The summed E-state index contributed by atoms with van der Waals surface area (Å²) >= 11 is 5.93. The van der Waals surface area contributed by atoms with E-state index >= 15 is 0 Å². The highest BCUT2D eigenvalue weighted by atomic mass is 35.5. The zero-order valence-corrected chi connectivity index (χ0v) is 8.78. The van der Waals surface area contributed by atoms with E-state index in [1.165, 1.54) is 6.20 Å². The number of carboxylic acids is 1. The Labute approximate surface area is 91.6 Å². The summed E-state index contributed by atoms with van der Waals surface area (Å²) in [5, 5.41) is 13.0. The van der Waals surface area contributed by atoms with Crippen LogP contribution in [0.5, 0.6) is 0 Å². The Hall–Kier alpha value is -1.07. The molecule has 1 aromatic heterocycles. The SMILES string of the molecule is O=C(O)c1cnn(C2CCOCC2)c1Cl. The highest BCUT2D eigenvalue weighted by molar-refractivity contribution is 6.32. The summed E-state index contributed by atoms with van der Waals surface area (Å²) in [7, 11) is 0. The van der Waals surface area contributed by atoms with Crippen LogP contribution in [0, 0.1) is 0 Å². The summed E-state index contributed by atoms with van der Waals surface area (Å²) in [5.74, 6) is -1.04. The Morgan fingerprint density at radius 1 is 1.60 bits per heavy atom. The maximum Gasteiger partial charge on any atom is 0.340 e. The third-order valence-corrected chi connectivity index (χ3v) is 2.88. The van der Waals surface area contributed by atoms with Gasteiger partial charge in [-0.3, -0.25) is 0 Å². The molecule has 6 heteroatoms. The van der Waals surface area contributed by atoms with Gasteiger partial charge in [-0.1, -0.05) is 11.6 Å². The first kappa shape index (κ1) is 10.4. The van der Waals surface area contributed by atoms with Crippen molar-refractivity contribution in [3.05, 3.63) is 16.9 Å². The minimum absolute atomic E-state index is 0.0585. The normalized spacial score (nSPS) is 17.9. The molecule has 0 saturated carbocycles. The van der Waals surface area contributed by atoms with Crippen molar-refractivity contribution < 1.29 is 14.6 Å². The number of rotatable bonds is 2. The van der Waals surface area contributed by atoms with Gasteiger partial charge < -0.3 is 9.84 Å². The Bertz CT molecular complexity index is 371. The number of aromatic carboxylic acids is 1. The Morgan fingerprint density at radius 3 is 2.80 bits per heavy atom. The second-order valence-corrected chi connectivity index (χ2v) is 3.80. The average Bonchev–Trinajstić information content (AvgIpc) is 2.61. The Kier molecular flexibility index (Phi) is 2.93. The smallest absolute Gasteiger partial charge is 0.340 e. The van der Waals surface area contributed by atoms with E-state index in [-0.39, 0.29) is 16.8 Å². The number of ether oxygens (including phenoxy) is 1. The summed E-state index contributed by atoms with van der Waals surface area (Å²) in [6.07, 6.45) is 2.93. The van der Waals surface area contributed by atoms with Gasteiger partial charge in [0.15, 0.2) is 0 Å². The zero-order chi connectivity index (χ0) is 10.8. The summed E-state index contributed by atoms with van der Waals surface area (Å²) in [4.78, 5) is 10.8. The summed E-state index contributed by atoms with van der Waals surface area (Å²) in [6.45, 7) is 1.34. The fraction of sp³-hybridized carbons (Fsp3) is 0.556. The van der Waals surface area contributed by atoms with Crippen LogP contribution < -0.4 is 0 Å². The predicted molar refractivity (Wildman–Crippen MR) is 53.3 cm³/mol. The van der Waals surface area contributed by atoms with Gasteiger partial charge in [0.1, 0.15) is 10.7 Å². The quantitative estimate of drug-likeness (QED) is 0.838. The van der Waals surface area contributed by atoms with Crippen molar-refractivity contribution >= 4 is 17.6 Å². The third kappa shape index (κ3) is 1.98. The van der Waals surface area contributed by atoms with Crippen LogP contribution in [0.15, 0.2) is 6.20 Å². The van der Waals surface area contributed by atoms with Crippen LogP contribution in [0.1, 0.15) is 29.2 Å². The molecule has 1 saturated heterocycles. The van der Waals surface area contributed by atoms with Gasteiger partial charge in [0, 0.05) is 13.2 Å². The first-order chi connectivity index (χ1) is 7.20. The number of carbonyl (C=O) groups is 1. The minimum Gasteiger partial charge on any atom is -0.478 e. The lowest BCUT2D eigenvalue weighted by atomic mass is 10.1. The van der Waals surface area contributed by atoms with Gasteiger partial charge >= 0.3 is 5.97 Å². The van der Waals surface area contributed by atoms with Crippen molar-refractivity contribution in [1.29, 1.82) is 0 Å². The maximum atomic E-state index is 10.8. The summed E-state index contributed by atoms with van der Waals surface area (Å²) < 4.78 is 6.79. The van der Waals surface area contributed by atoms with Crippen molar-refractivity contribution in [2.24, 2.45) is 0 Å². The van der Waals surface area contributed by atoms with Gasteiger partial charge in [0.2, 0.25) is 0 Å². The molecule has 2 heterocycles. The lowest BCUT2D eigenvalue weighted by Gasteiger charge is -2.22. The number of nitrogens with zero attached hydrogens (tertiary/aromatic N) is 2. The lowest BCUT2D eigenvalue weighted by molar-refractivity contribution is 0.0660. The van der Waals surface area contributed by atoms with Gasteiger partial charge in [0.05, 0.1) is 12.2 Å². The fourth-order valence-corrected chi connectivity index (χ4v) is 1.99. The minimum atomic E-state index is -1.04. The van der Waals surface area contributed by atoms with Crippen molar-refractivity contribution in [2.45, 2.75) is 18.9 Å². The number of hydrogen-bond donors (Lipinski definition) is 1. The molecule has 0 radical (unpaired) electrons. The van der Waals surface area contributed by atoms with E-state index in [0.717, 1.165) is 12.8 Å². The monoisotopic (exact) mass is 230 g/mol. The molecule has 5 nitrogen and oxygen atoms in total. The second kappa shape index (κ2) is 4.20. The predicted octanol–water partition coefficient (Wildman–Crippen LogP) is 1.59. The number of aromatic nitrogens is 2. The van der Waals surface area contributed by atoms with E-state index in [4.69, 9.17) is 21.4 Å². The van der Waals surface area contributed by atoms with Crippen LogP contribution in [0.25, 0.3) is 0 Å². The Balaban J connectivity index is 2.24. The lowest BCUT2D eigenvalue weighted by Crippen LogP contribution is -2.20. The molecule has 15 heavy (non-hydrogen) atoms. The first-order valence-corrected chi connectivity index (χ1v) is 5.12. The van der Waals surface area contributed by atoms with Crippen LogP contribution >= 0.6 is 11.6 Å². The number of carboxylic acid groups (broad SMARTS) is 1. The molecule has 0 aliphatic carbocycles.